The first-order valence-corrected chi connectivity index (χ1v) is 6.98. The number of carboxylic acids is 2. The molecule has 0 aliphatic carbocycles. The van der Waals surface area contributed by atoms with E-state index in [2.05, 4.69) is 40.5 Å². The quantitative estimate of drug-likeness (QED) is 0.751. The van der Waals surface area contributed by atoms with Gasteiger partial charge in [-0.15, -0.1) is 0 Å². The van der Waals surface area contributed by atoms with E-state index in [1.165, 1.54) is 18.7 Å². The van der Waals surface area contributed by atoms with Gasteiger partial charge in [-0.2, -0.15) is 0 Å². The van der Waals surface area contributed by atoms with Crippen molar-refractivity contribution in [3.05, 3.63) is 35.9 Å². The van der Waals surface area contributed by atoms with Crippen LogP contribution in [0.3, 0.4) is 0 Å². The van der Waals surface area contributed by atoms with Gasteiger partial charge in [0.2, 0.25) is 0 Å². The van der Waals surface area contributed by atoms with Crippen molar-refractivity contribution in [1.29, 1.82) is 0 Å². The molecule has 0 atom stereocenters. The average Bonchev–Trinajstić information content (AvgIpc) is 2.48. The maximum atomic E-state index is 9.64. The van der Waals surface area contributed by atoms with Gasteiger partial charge in [0.15, 0.2) is 0 Å². The number of rotatable bonds is 5. The van der Waals surface area contributed by atoms with Crippen LogP contribution in [-0.4, -0.2) is 53.2 Å². The van der Waals surface area contributed by atoms with Crippen LogP contribution >= 0.6 is 0 Å². The Labute approximate surface area is 124 Å². The number of benzene rings is 1. The third-order valence-corrected chi connectivity index (χ3v) is 3.01. The van der Waals surface area contributed by atoms with Crippen LogP contribution in [0.2, 0.25) is 0 Å². The fourth-order valence-electron chi connectivity index (χ4n) is 1.92. The molecule has 1 fully saturated rings. The summed E-state index contributed by atoms with van der Waals surface area (Å²) in [4.78, 5) is 21.8. The summed E-state index contributed by atoms with van der Waals surface area (Å²) in [5.41, 5.74) is 1.42. The fourth-order valence-corrected chi connectivity index (χ4v) is 1.92. The lowest BCUT2D eigenvalue weighted by atomic mass is 10.2. The third-order valence-electron chi connectivity index (χ3n) is 3.01. The van der Waals surface area contributed by atoms with Crippen molar-refractivity contribution >= 4 is 11.9 Å². The molecule has 1 heterocycles. The van der Waals surface area contributed by atoms with E-state index in [1.807, 2.05) is 0 Å². The zero-order valence-corrected chi connectivity index (χ0v) is 12.0. The van der Waals surface area contributed by atoms with Gasteiger partial charge in [-0.25, -0.2) is 0 Å². The largest absolute Gasteiger partial charge is 0.481 e. The molecule has 0 bridgehead atoms. The van der Waals surface area contributed by atoms with Gasteiger partial charge in [0, 0.05) is 32.7 Å². The van der Waals surface area contributed by atoms with Crippen LogP contribution in [0.5, 0.6) is 0 Å². The van der Waals surface area contributed by atoms with Crippen molar-refractivity contribution in [3.8, 4) is 0 Å². The van der Waals surface area contributed by atoms with Crippen molar-refractivity contribution < 1.29 is 19.8 Å². The monoisotopic (exact) mass is 294 g/mol. The standard InChI is InChI=1S/C11H16N2.C4H6O4/c1-2-4-11(5-3-1)10-13-8-6-12-7-9-13;5-3(6)1-2-4(7)8/h1-5,12H,6-10H2;1-2H2,(H,5,6)(H,7,8). The topological polar surface area (TPSA) is 89.9 Å². The molecule has 21 heavy (non-hydrogen) atoms. The molecule has 116 valence electrons. The first-order valence-electron chi connectivity index (χ1n) is 6.98. The molecule has 0 spiro atoms. The number of piperazine rings is 1. The molecule has 1 aromatic rings. The van der Waals surface area contributed by atoms with Crippen molar-refractivity contribution in [2.45, 2.75) is 19.4 Å². The molecular formula is C15H22N2O4. The van der Waals surface area contributed by atoms with Crippen molar-refractivity contribution in [2.75, 3.05) is 26.2 Å². The van der Waals surface area contributed by atoms with Gasteiger partial charge in [-0.3, -0.25) is 14.5 Å². The summed E-state index contributed by atoms with van der Waals surface area (Å²) in [6.07, 6.45) is -0.593. The molecule has 0 radical (unpaired) electrons. The number of carbonyl (C=O) groups is 2. The smallest absolute Gasteiger partial charge is 0.303 e. The minimum Gasteiger partial charge on any atom is -0.481 e. The van der Waals surface area contributed by atoms with Crippen LogP contribution in [0.25, 0.3) is 0 Å². The molecule has 6 nitrogen and oxygen atoms in total. The van der Waals surface area contributed by atoms with Gasteiger partial charge < -0.3 is 15.5 Å². The van der Waals surface area contributed by atoms with E-state index in [0.717, 1.165) is 19.6 Å². The van der Waals surface area contributed by atoms with Gasteiger partial charge in [-0.1, -0.05) is 30.3 Å². The lowest BCUT2D eigenvalue weighted by molar-refractivity contribution is -0.143. The fraction of sp³-hybridized carbons (Fsp3) is 0.467. The molecule has 1 aliphatic rings. The second-order valence-electron chi connectivity index (χ2n) is 4.80. The van der Waals surface area contributed by atoms with Crippen molar-refractivity contribution in [1.82, 2.24) is 10.2 Å². The van der Waals surface area contributed by atoms with Gasteiger partial charge in [0.1, 0.15) is 0 Å². The molecule has 0 saturated carbocycles. The molecule has 0 unspecified atom stereocenters. The molecule has 0 amide bonds. The highest BCUT2D eigenvalue weighted by molar-refractivity contribution is 5.75. The third kappa shape index (κ3) is 8.78. The molecule has 1 aromatic carbocycles. The van der Waals surface area contributed by atoms with Crippen LogP contribution in [-0.2, 0) is 16.1 Å². The van der Waals surface area contributed by atoms with E-state index < -0.39 is 11.9 Å². The van der Waals surface area contributed by atoms with Crippen LogP contribution in [0.15, 0.2) is 30.3 Å². The Kier molecular flexibility index (Phi) is 8.08. The van der Waals surface area contributed by atoms with E-state index in [9.17, 15) is 9.59 Å². The predicted octanol–water partition coefficient (Wildman–Crippen LogP) is 1.03. The summed E-state index contributed by atoms with van der Waals surface area (Å²) < 4.78 is 0. The maximum Gasteiger partial charge on any atom is 0.303 e. The zero-order valence-electron chi connectivity index (χ0n) is 12.0. The van der Waals surface area contributed by atoms with Crippen LogP contribution in [0.1, 0.15) is 18.4 Å². The number of carboxylic acid groups (broad SMARTS) is 2. The van der Waals surface area contributed by atoms with E-state index in [1.54, 1.807) is 0 Å². The Hall–Kier alpha value is -1.92. The van der Waals surface area contributed by atoms with E-state index in [-0.39, 0.29) is 12.8 Å². The number of hydrogen-bond acceptors (Lipinski definition) is 4. The van der Waals surface area contributed by atoms with Gasteiger partial charge in [0.25, 0.3) is 0 Å². The van der Waals surface area contributed by atoms with E-state index >= 15 is 0 Å². The molecule has 6 heteroatoms. The predicted molar refractivity (Wildman–Crippen MR) is 79.1 cm³/mol. The summed E-state index contributed by atoms with van der Waals surface area (Å²) >= 11 is 0. The Morgan fingerprint density at radius 2 is 1.52 bits per heavy atom. The highest BCUT2D eigenvalue weighted by atomic mass is 16.4. The Morgan fingerprint density at radius 1 is 1.00 bits per heavy atom. The number of nitrogens with zero attached hydrogens (tertiary/aromatic N) is 1. The maximum absolute atomic E-state index is 9.64. The highest BCUT2D eigenvalue weighted by Gasteiger charge is 2.08. The minimum atomic E-state index is -1.08. The molecule has 0 aromatic heterocycles. The molecule has 1 aliphatic heterocycles. The highest BCUT2D eigenvalue weighted by Crippen LogP contribution is 2.04. The first kappa shape index (κ1) is 17.1. The lowest BCUT2D eigenvalue weighted by Crippen LogP contribution is -2.42. The summed E-state index contributed by atoms with van der Waals surface area (Å²) in [7, 11) is 0. The van der Waals surface area contributed by atoms with Crippen LogP contribution in [0, 0.1) is 0 Å². The number of hydrogen-bond donors (Lipinski definition) is 3. The average molecular weight is 294 g/mol. The molecule has 1 saturated heterocycles. The first-order chi connectivity index (χ1) is 10.1. The van der Waals surface area contributed by atoms with Crippen molar-refractivity contribution in [3.63, 3.8) is 0 Å². The van der Waals surface area contributed by atoms with E-state index in [0.29, 0.717) is 0 Å². The van der Waals surface area contributed by atoms with Crippen LogP contribution < -0.4 is 5.32 Å². The Balaban J connectivity index is 0.000000240. The Morgan fingerprint density at radius 3 is 2.00 bits per heavy atom. The summed E-state index contributed by atoms with van der Waals surface area (Å²) in [6.45, 7) is 5.71. The lowest BCUT2D eigenvalue weighted by Gasteiger charge is -2.27. The molecule has 3 N–H and O–H groups in total. The summed E-state index contributed by atoms with van der Waals surface area (Å²) in [5, 5.41) is 19.2. The SMILES string of the molecule is O=C(O)CCC(=O)O.c1ccc(CN2CCNCC2)cc1. The Bertz CT molecular complexity index is 417. The summed E-state index contributed by atoms with van der Waals surface area (Å²) in [6, 6.07) is 10.7. The van der Waals surface area contributed by atoms with Gasteiger partial charge >= 0.3 is 11.9 Å². The van der Waals surface area contributed by atoms with Gasteiger partial charge in [0.05, 0.1) is 12.8 Å². The second-order valence-corrected chi connectivity index (χ2v) is 4.80. The molecular weight excluding hydrogens is 272 g/mol. The summed E-state index contributed by atoms with van der Waals surface area (Å²) in [5.74, 6) is -2.15. The van der Waals surface area contributed by atoms with Gasteiger partial charge in [-0.05, 0) is 5.56 Å². The minimum absolute atomic E-state index is 0.296. The van der Waals surface area contributed by atoms with E-state index in [4.69, 9.17) is 10.2 Å². The number of aliphatic carboxylic acids is 2. The number of nitrogens with one attached hydrogen (secondary N) is 1. The molecule has 2 rings (SSSR count). The zero-order chi connectivity index (χ0) is 15.5. The van der Waals surface area contributed by atoms with Crippen LogP contribution in [0.4, 0.5) is 0 Å². The normalized spacial score (nSPS) is 14.9. The van der Waals surface area contributed by atoms with Crippen molar-refractivity contribution in [2.24, 2.45) is 0 Å². The second kappa shape index (κ2) is 9.90.